The molecule has 4 rings (SSSR count). The second-order valence-corrected chi connectivity index (χ2v) is 8.46. The number of esters is 1. The zero-order valence-corrected chi connectivity index (χ0v) is 18.0. The molecule has 1 aromatic heterocycles. The van der Waals surface area contributed by atoms with Gasteiger partial charge in [-0.3, -0.25) is 14.4 Å². The minimum absolute atomic E-state index is 0.185. The number of furan rings is 1. The third-order valence-corrected chi connectivity index (χ3v) is 6.47. The summed E-state index contributed by atoms with van der Waals surface area (Å²) in [4.78, 5) is 41.3. The number of ether oxygens (including phenoxy) is 1. The number of amides is 2. The molecule has 2 fully saturated rings. The maximum atomic E-state index is 13.0. The van der Waals surface area contributed by atoms with Gasteiger partial charge in [0.25, 0.3) is 11.8 Å². The number of hydrogen-bond acceptors (Lipinski definition) is 5. The van der Waals surface area contributed by atoms with Crippen LogP contribution >= 0.6 is 11.6 Å². The maximum Gasteiger partial charge on any atom is 0.317 e. The van der Waals surface area contributed by atoms with E-state index in [2.05, 4.69) is 0 Å². The van der Waals surface area contributed by atoms with Crippen LogP contribution in [-0.2, 0) is 19.7 Å². The topological polar surface area (TPSA) is 80.1 Å². The van der Waals surface area contributed by atoms with Gasteiger partial charge in [0.1, 0.15) is 0 Å². The molecule has 0 spiro atoms. The van der Waals surface area contributed by atoms with E-state index >= 15 is 0 Å². The first kappa shape index (κ1) is 21.4. The predicted molar refractivity (Wildman–Crippen MR) is 114 cm³/mol. The normalized spacial score (nSPS) is 18.1. The van der Waals surface area contributed by atoms with Crippen molar-refractivity contribution in [2.45, 2.75) is 31.1 Å². The Morgan fingerprint density at radius 3 is 2.23 bits per heavy atom. The summed E-state index contributed by atoms with van der Waals surface area (Å²) in [6, 6.07) is 10.6. The average Bonchev–Trinajstić information content (AvgIpc) is 3.50. The van der Waals surface area contributed by atoms with Crippen LogP contribution in [0.1, 0.15) is 41.8 Å². The van der Waals surface area contributed by atoms with Gasteiger partial charge in [-0.15, -0.1) is 0 Å². The number of halogens is 1. The second kappa shape index (κ2) is 9.14. The van der Waals surface area contributed by atoms with Crippen LogP contribution in [0.25, 0.3) is 0 Å². The van der Waals surface area contributed by atoms with Crippen molar-refractivity contribution in [1.82, 2.24) is 9.80 Å². The van der Waals surface area contributed by atoms with Crippen LogP contribution < -0.4 is 0 Å². The van der Waals surface area contributed by atoms with E-state index in [0.717, 1.165) is 18.4 Å². The monoisotopic (exact) mass is 444 g/mol. The van der Waals surface area contributed by atoms with Gasteiger partial charge in [-0.25, -0.2) is 0 Å². The SMILES string of the molecule is O=C(COC(=O)C1(c2ccc(Cl)cc2)CCCC1)N1CCN(C(=O)c2ccco2)CC1. The van der Waals surface area contributed by atoms with E-state index < -0.39 is 5.41 Å². The lowest BCUT2D eigenvalue weighted by molar-refractivity contribution is -0.157. The van der Waals surface area contributed by atoms with Gasteiger partial charge in [-0.2, -0.15) is 0 Å². The van der Waals surface area contributed by atoms with Crippen molar-refractivity contribution in [1.29, 1.82) is 0 Å². The molecule has 1 aromatic carbocycles. The number of carbonyl (C=O) groups excluding carboxylic acids is 3. The fourth-order valence-electron chi connectivity index (χ4n) is 4.43. The number of rotatable bonds is 5. The molecule has 0 unspecified atom stereocenters. The Bertz CT molecular complexity index is 927. The second-order valence-electron chi connectivity index (χ2n) is 8.02. The van der Waals surface area contributed by atoms with Crippen LogP contribution in [0, 0.1) is 0 Å². The van der Waals surface area contributed by atoms with Crippen molar-refractivity contribution in [2.75, 3.05) is 32.8 Å². The summed E-state index contributed by atoms with van der Waals surface area (Å²) in [5.74, 6) is -0.498. The lowest BCUT2D eigenvalue weighted by Gasteiger charge is -2.34. The van der Waals surface area contributed by atoms with E-state index in [1.54, 1.807) is 34.1 Å². The van der Waals surface area contributed by atoms with Crippen LogP contribution in [0.2, 0.25) is 5.02 Å². The highest BCUT2D eigenvalue weighted by atomic mass is 35.5. The summed E-state index contributed by atoms with van der Waals surface area (Å²) in [6.07, 6.45) is 4.75. The average molecular weight is 445 g/mol. The van der Waals surface area contributed by atoms with E-state index in [1.165, 1.54) is 6.26 Å². The first-order chi connectivity index (χ1) is 15.0. The van der Waals surface area contributed by atoms with E-state index in [0.29, 0.717) is 44.0 Å². The van der Waals surface area contributed by atoms with Gasteiger partial charge in [-0.1, -0.05) is 36.6 Å². The first-order valence-corrected chi connectivity index (χ1v) is 10.9. The molecule has 31 heavy (non-hydrogen) atoms. The number of carbonyl (C=O) groups is 3. The highest BCUT2D eigenvalue weighted by Gasteiger charge is 2.44. The molecule has 2 amide bonds. The quantitative estimate of drug-likeness (QED) is 0.661. The molecule has 2 aliphatic rings. The fraction of sp³-hybridized carbons (Fsp3) is 0.435. The molecule has 7 nitrogen and oxygen atoms in total. The molecule has 0 radical (unpaired) electrons. The fourth-order valence-corrected chi connectivity index (χ4v) is 4.56. The van der Waals surface area contributed by atoms with E-state index in [4.69, 9.17) is 20.8 Å². The summed E-state index contributed by atoms with van der Waals surface area (Å²) < 4.78 is 10.7. The van der Waals surface area contributed by atoms with E-state index in [1.807, 2.05) is 12.1 Å². The van der Waals surface area contributed by atoms with E-state index in [9.17, 15) is 14.4 Å². The van der Waals surface area contributed by atoms with Crippen LogP contribution in [0.4, 0.5) is 0 Å². The van der Waals surface area contributed by atoms with Crippen molar-refractivity contribution in [3.63, 3.8) is 0 Å². The van der Waals surface area contributed by atoms with E-state index in [-0.39, 0.29) is 30.2 Å². The van der Waals surface area contributed by atoms with Gasteiger partial charge in [0, 0.05) is 31.2 Å². The summed E-state index contributed by atoms with van der Waals surface area (Å²) in [7, 11) is 0. The summed E-state index contributed by atoms with van der Waals surface area (Å²) in [5, 5.41) is 0.616. The van der Waals surface area contributed by atoms with Crippen LogP contribution in [0.15, 0.2) is 47.1 Å². The predicted octanol–water partition coefficient (Wildman–Crippen LogP) is 3.27. The van der Waals surface area contributed by atoms with Crippen LogP contribution in [0.3, 0.4) is 0 Å². The smallest absolute Gasteiger partial charge is 0.317 e. The van der Waals surface area contributed by atoms with Gasteiger partial charge in [0.15, 0.2) is 12.4 Å². The molecular formula is C23H25ClN2O5. The van der Waals surface area contributed by atoms with Crippen molar-refractivity contribution in [3.05, 3.63) is 59.0 Å². The minimum Gasteiger partial charge on any atom is -0.459 e. The summed E-state index contributed by atoms with van der Waals surface area (Å²) in [6.45, 7) is 1.32. The Labute approximate surface area is 185 Å². The molecular weight excluding hydrogens is 420 g/mol. The van der Waals surface area contributed by atoms with Gasteiger partial charge in [0.05, 0.1) is 11.7 Å². The summed E-state index contributed by atoms with van der Waals surface area (Å²) >= 11 is 5.99. The van der Waals surface area contributed by atoms with Gasteiger partial charge in [-0.05, 0) is 42.7 Å². The molecule has 1 aliphatic carbocycles. The Morgan fingerprint density at radius 1 is 0.968 bits per heavy atom. The van der Waals surface area contributed by atoms with Crippen molar-refractivity contribution >= 4 is 29.4 Å². The van der Waals surface area contributed by atoms with Gasteiger partial charge >= 0.3 is 5.97 Å². The van der Waals surface area contributed by atoms with Crippen molar-refractivity contribution < 1.29 is 23.5 Å². The lowest BCUT2D eigenvalue weighted by Crippen LogP contribution is -2.51. The lowest BCUT2D eigenvalue weighted by atomic mass is 9.79. The highest BCUT2D eigenvalue weighted by molar-refractivity contribution is 6.30. The molecule has 0 N–H and O–H groups in total. The molecule has 1 aliphatic heterocycles. The van der Waals surface area contributed by atoms with Crippen LogP contribution in [-0.4, -0.2) is 60.4 Å². The third-order valence-electron chi connectivity index (χ3n) is 6.22. The molecule has 2 heterocycles. The molecule has 0 atom stereocenters. The Kier molecular flexibility index (Phi) is 6.32. The molecule has 0 bridgehead atoms. The highest BCUT2D eigenvalue weighted by Crippen LogP contribution is 2.42. The Hall–Kier alpha value is -2.80. The van der Waals surface area contributed by atoms with Crippen molar-refractivity contribution in [2.24, 2.45) is 0 Å². The number of hydrogen-bond donors (Lipinski definition) is 0. The standard InChI is InChI=1S/C23H25ClN2O5/c24-18-7-5-17(6-8-18)23(9-1-2-10-23)22(29)31-16-20(27)25-11-13-26(14-12-25)21(28)19-4-3-15-30-19/h3-8,15H,1-2,9-14,16H2. The third kappa shape index (κ3) is 4.46. The largest absolute Gasteiger partial charge is 0.459 e. The zero-order chi connectivity index (χ0) is 21.8. The number of benzene rings is 1. The molecule has 2 aromatic rings. The molecule has 164 valence electrons. The number of nitrogens with zero attached hydrogens (tertiary/aromatic N) is 2. The first-order valence-electron chi connectivity index (χ1n) is 10.5. The van der Waals surface area contributed by atoms with Crippen LogP contribution in [0.5, 0.6) is 0 Å². The number of piperazine rings is 1. The Balaban J connectivity index is 1.31. The molecule has 1 saturated heterocycles. The van der Waals surface area contributed by atoms with Crippen molar-refractivity contribution in [3.8, 4) is 0 Å². The van der Waals surface area contributed by atoms with Gasteiger partial charge < -0.3 is 19.0 Å². The summed E-state index contributed by atoms with van der Waals surface area (Å²) in [5.41, 5.74) is 0.177. The Morgan fingerprint density at radius 2 is 1.61 bits per heavy atom. The minimum atomic E-state index is -0.709. The molecule has 8 heteroatoms. The maximum absolute atomic E-state index is 13.0. The zero-order valence-electron chi connectivity index (χ0n) is 17.2. The molecule has 1 saturated carbocycles. The van der Waals surface area contributed by atoms with Gasteiger partial charge in [0.2, 0.25) is 0 Å².